The standard InChI is InChI=1S/C20H12Br2N2O3S/c21-15-9-13(20-23-17-3-1-2-4-18(17)28-20)10-16(22)19(15)27-11-12-5-7-14(8-6-12)24(25)26/h1-10H,11H2. The number of aromatic nitrogens is 1. The Morgan fingerprint density at radius 1 is 1.04 bits per heavy atom. The molecule has 4 aromatic rings. The summed E-state index contributed by atoms with van der Waals surface area (Å²) in [6.07, 6.45) is 0. The van der Waals surface area contributed by atoms with Crippen LogP contribution in [-0.2, 0) is 6.61 Å². The first-order chi connectivity index (χ1) is 13.5. The van der Waals surface area contributed by atoms with Crippen molar-refractivity contribution in [3.63, 3.8) is 0 Å². The molecule has 0 aliphatic heterocycles. The van der Waals surface area contributed by atoms with Crippen LogP contribution < -0.4 is 4.74 Å². The van der Waals surface area contributed by atoms with E-state index in [9.17, 15) is 10.1 Å². The van der Waals surface area contributed by atoms with E-state index in [4.69, 9.17) is 9.72 Å². The summed E-state index contributed by atoms with van der Waals surface area (Å²) in [7, 11) is 0. The molecule has 28 heavy (non-hydrogen) atoms. The summed E-state index contributed by atoms with van der Waals surface area (Å²) in [5.41, 5.74) is 2.88. The minimum Gasteiger partial charge on any atom is -0.487 e. The maximum Gasteiger partial charge on any atom is 0.269 e. The summed E-state index contributed by atoms with van der Waals surface area (Å²) < 4.78 is 8.67. The molecule has 140 valence electrons. The summed E-state index contributed by atoms with van der Waals surface area (Å²) in [6.45, 7) is 0.301. The van der Waals surface area contributed by atoms with Crippen molar-refractivity contribution in [3.05, 3.63) is 85.3 Å². The number of nitro benzene ring substituents is 1. The van der Waals surface area contributed by atoms with Crippen LogP contribution in [0.5, 0.6) is 5.75 Å². The van der Waals surface area contributed by atoms with Crippen LogP contribution in [0.25, 0.3) is 20.8 Å². The number of hydrogen-bond acceptors (Lipinski definition) is 5. The van der Waals surface area contributed by atoms with E-state index in [1.54, 1.807) is 23.5 Å². The van der Waals surface area contributed by atoms with Crippen LogP contribution in [0.4, 0.5) is 5.69 Å². The maximum atomic E-state index is 10.7. The van der Waals surface area contributed by atoms with Gasteiger partial charge in [-0.2, -0.15) is 0 Å². The van der Waals surface area contributed by atoms with Crippen LogP contribution in [0, 0.1) is 10.1 Å². The number of nitro groups is 1. The van der Waals surface area contributed by atoms with Gasteiger partial charge in [-0.3, -0.25) is 10.1 Å². The fourth-order valence-corrected chi connectivity index (χ4v) is 5.05. The van der Waals surface area contributed by atoms with Crippen LogP contribution >= 0.6 is 43.2 Å². The second-order valence-electron chi connectivity index (χ2n) is 5.97. The average molecular weight is 520 g/mol. The quantitative estimate of drug-likeness (QED) is 0.211. The highest BCUT2D eigenvalue weighted by Crippen LogP contribution is 2.40. The Kier molecular flexibility index (Phi) is 5.43. The molecular formula is C20H12Br2N2O3S. The van der Waals surface area contributed by atoms with E-state index in [0.29, 0.717) is 12.4 Å². The lowest BCUT2D eigenvalue weighted by atomic mass is 10.2. The van der Waals surface area contributed by atoms with Crippen LogP contribution in [0.3, 0.4) is 0 Å². The Morgan fingerprint density at radius 3 is 2.36 bits per heavy atom. The van der Waals surface area contributed by atoms with Crippen LogP contribution in [-0.4, -0.2) is 9.91 Å². The van der Waals surface area contributed by atoms with Gasteiger partial charge in [-0.05, 0) is 73.8 Å². The average Bonchev–Trinajstić information content (AvgIpc) is 3.12. The SMILES string of the molecule is O=[N+]([O-])c1ccc(COc2c(Br)cc(-c3nc4ccccc4s3)cc2Br)cc1. The Labute approximate surface area is 181 Å². The third-order valence-corrected chi connectivity index (χ3v) is 6.33. The lowest BCUT2D eigenvalue weighted by molar-refractivity contribution is -0.384. The number of benzene rings is 3. The first-order valence-corrected chi connectivity index (χ1v) is 10.6. The summed E-state index contributed by atoms with van der Waals surface area (Å²) >= 11 is 8.79. The molecule has 4 rings (SSSR count). The van der Waals surface area contributed by atoms with Crippen molar-refractivity contribution in [1.82, 2.24) is 4.98 Å². The van der Waals surface area contributed by atoms with Crippen LogP contribution in [0.15, 0.2) is 69.6 Å². The largest absolute Gasteiger partial charge is 0.487 e. The molecule has 0 N–H and O–H groups in total. The molecular weight excluding hydrogens is 508 g/mol. The molecule has 0 saturated carbocycles. The number of ether oxygens (including phenoxy) is 1. The fourth-order valence-electron chi connectivity index (χ4n) is 2.69. The van der Waals surface area contributed by atoms with Gasteiger partial charge in [0.1, 0.15) is 17.4 Å². The summed E-state index contributed by atoms with van der Waals surface area (Å²) in [4.78, 5) is 15.0. The lowest BCUT2D eigenvalue weighted by Gasteiger charge is -2.12. The molecule has 0 radical (unpaired) electrons. The molecule has 0 unspecified atom stereocenters. The van der Waals surface area contributed by atoms with E-state index in [1.165, 1.54) is 12.1 Å². The molecule has 3 aromatic carbocycles. The molecule has 0 bridgehead atoms. The maximum absolute atomic E-state index is 10.7. The number of hydrogen-bond donors (Lipinski definition) is 0. The summed E-state index contributed by atoms with van der Waals surface area (Å²) in [5, 5.41) is 11.7. The number of halogens is 2. The molecule has 0 atom stereocenters. The Morgan fingerprint density at radius 2 is 1.71 bits per heavy atom. The number of rotatable bonds is 5. The third kappa shape index (κ3) is 3.94. The molecule has 0 saturated heterocycles. The zero-order chi connectivity index (χ0) is 19.7. The van der Waals surface area contributed by atoms with Gasteiger partial charge in [0.25, 0.3) is 5.69 Å². The Balaban J connectivity index is 1.56. The highest BCUT2D eigenvalue weighted by atomic mass is 79.9. The molecule has 0 spiro atoms. The monoisotopic (exact) mass is 518 g/mol. The number of thiazole rings is 1. The van der Waals surface area contributed by atoms with Crippen molar-refractivity contribution in [2.45, 2.75) is 6.61 Å². The predicted molar refractivity (Wildman–Crippen MR) is 118 cm³/mol. The van der Waals surface area contributed by atoms with E-state index >= 15 is 0 Å². The predicted octanol–water partition coefficient (Wildman–Crippen LogP) is 6.98. The van der Waals surface area contributed by atoms with Crippen molar-refractivity contribution in [2.75, 3.05) is 0 Å². The number of nitrogens with zero attached hydrogens (tertiary/aromatic N) is 2. The molecule has 0 aliphatic carbocycles. The molecule has 0 fully saturated rings. The van der Waals surface area contributed by atoms with E-state index in [0.717, 1.165) is 35.3 Å². The molecule has 8 heteroatoms. The second kappa shape index (κ2) is 7.98. The van der Waals surface area contributed by atoms with Gasteiger partial charge >= 0.3 is 0 Å². The van der Waals surface area contributed by atoms with Gasteiger partial charge in [0, 0.05) is 17.7 Å². The number of para-hydroxylation sites is 1. The summed E-state index contributed by atoms with van der Waals surface area (Å²) in [6, 6.07) is 18.3. The lowest BCUT2D eigenvalue weighted by Crippen LogP contribution is -1.98. The van der Waals surface area contributed by atoms with Crippen molar-refractivity contribution in [1.29, 1.82) is 0 Å². The van der Waals surface area contributed by atoms with E-state index < -0.39 is 4.92 Å². The topological polar surface area (TPSA) is 65.3 Å². The smallest absolute Gasteiger partial charge is 0.269 e. The number of fused-ring (bicyclic) bond motifs is 1. The van der Waals surface area contributed by atoms with Crippen LogP contribution in [0.2, 0.25) is 0 Å². The van der Waals surface area contributed by atoms with Crippen molar-refractivity contribution >= 4 is 59.1 Å². The van der Waals surface area contributed by atoms with Crippen molar-refractivity contribution in [2.24, 2.45) is 0 Å². The third-order valence-electron chi connectivity index (χ3n) is 4.07. The van der Waals surface area contributed by atoms with Gasteiger partial charge in [-0.1, -0.05) is 12.1 Å². The fraction of sp³-hybridized carbons (Fsp3) is 0.0500. The van der Waals surface area contributed by atoms with Crippen molar-refractivity contribution in [3.8, 4) is 16.3 Å². The second-order valence-corrected chi connectivity index (χ2v) is 8.71. The van der Waals surface area contributed by atoms with Gasteiger partial charge < -0.3 is 4.74 Å². The molecule has 0 aliphatic rings. The van der Waals surface area contributed by atoms with Gasteiger partial charge in [0.2, 0.25) is 0 Å². The minimum absolute atomic E-state index is 0.0614. The highest BCUT2D eigenvalue weighted by Gasteiger charge is 2.14. The molecule has 1 heterocycles. The first kappa shape index (κ1) is 19.0. The van der Waals surface area contributed by atoms with E-state index in [-0.39, 0.29) is 5.69 Å². The number of non-ortho nitro benzene ring substituents is 1. The van der Waals surface area contributed by atoms with Crippen molar-refractivity contribution < 1.29 is 9.66 Å². The zero-order valence-corrected chi connectivity index (χ0v) is 18.3. The highest BCUT2D eigenvalue weighted by molar-refractivity contribution is 9.11. The molecule has 1 aromatic heterocycles. The zero-order valence-electron chi connectivity index (χ0n) is 14.3. The normalized spacial score (nSPS) is 10.9. The van der Waals surface area contributed by atoms with Crippen LogP contribution in [0.1, 0.15) is 5.56 Å². The Hall–Kier alpha value is -2.29. The molecule has 0 amide bonds. The minimum atomic E-state index is -0.418. The van der Waals surface area contributed by atoms with Gasteiger partial charge in [0.15, 0.2) is 0 Å². The van der Waals surface area contributed by atoms with Gasteiger partial charge in [-0.25, -0.2) is 4.98 Å². The Bertz CT molecular complexity index is 1120. The van der Waals surface area contributed by atoms with Gasteiger partial charge in [0.05, 0.1) is 24.1 Å². The van der Waals surface area contributed by atoms with E-state index in [1.807, 2.05) is 30.3 Å². The van der Waals surface area contributed by atoms with E-state index in [2.05, 4.69) is 37.9 Å². The molecule has 5 nitrogen and oxygen atoms in total. The summed E-state index contributed by atoms with van der Waals surface area (Å²) in [5.74, 6) is 0.670. The van der Waals surface area contributed by atoms with Gasteiger partial charge in [-0.15, -0.1) is 11.3 Å². The first-order valence-electron chi connectivity index (χ1n) is 8.22.